The van der Waals surface area contributed by atoms with Crippen molar-refractivity contribution in [1.29, 1.82) is 10.0 Å². The smallest absolute Gasteiger partial charge is 0.263 e. The van der Waals surface area contributed by atoms with Crippen LogP contribution in [0.25, 0.3) is 10.9 Å². The van der Waals surface area contributed by atoms with E-state index in [0.29, 0.717) is 29.0 Å². The second-order valence-electron chi connectivity index (χ2n) is 8.84. The molecule has 0 bridgehead atoms. The Morgan fingerprint density at radius 3 is 2.58 bits per heavy atom. The zero-order valence-electron chi connectivity index (χ0n) is 20.7. The number of benzene rings is 1. The van der Waals surface area contributed by atoms with E-state index in [2.05, 4.69) is 34.5 Å². The molecule has 9 nitrogen and oxygen atoms in total. The van der Waals surface area contributed by atoms with Crippen molar-refractivity contribution in [2.75, 3.05) is 19.7 Å². The average Bonchev–Trinajstić information content (AvgIpc) is 3.70. The first kappa shape index (κ1) is 25.5. The van der Waals surface area contributed by atoms with Crippen LogP contribution in [0.3, 0.4) is 0 Å². The molecule has 36 heavy (non-hydrogen) atoms. The van der Waals surface area contributed by atoms with Crippen molar-refractivity contribution in [3.05, 3.63) is 69.6 Å². The van der Waals surface area contributed by atoms with Crippen LogP contribution in [-0.2, 0) is 24.5 Å². The Bertz CT molecular complexity index is 1400. The van der Waals surface area contributed by atoms with Crippen molar-refractivity contribution >= 4 is 27.7 Å². The van der Waals surface area contributed by atoms with Crippen molar-refractivity contribution in [3.63, 3.8) is 0 Å². The summed E-state index contributed by atoms with van der Waals surface area (Å²) in [7, 11) is 0.944. The molecular weight excluding hydrogens is 476 g/mol. The molecule has 0 spiro atoms. The van der Waals surface area contributed by atoms with E-state index in [4.69, 9.17) is 14.8 Å². The summed E-state index contributed by atoms with van der Waals surface area (Å²) in [5, 5.41) is 12.4. The molecule has 1 aliphatic carbocycles. The van der Waals surface area contributed by atoms with Gasteiger partial charge in [0.1, 0.15) is 17.7 Å². The lowest BCUT2D eigenvalue weighted by Gasteiger charge is -2.27. The molecule has 188 valence electrons. The number of aromatic nitrogens is 2. The number of pyridine rings is 2. The standard InChI is InChI=1S/C26H30N6O3S/c1-4-32(5-2)36(28)26(11-12-26)17-35-24-22-20(10-13-29-24)14-21(25(34)31(22)3)23(33)30-16-19-8-6-18(15-27)7-9-19/h6-10,13-14,28H,4-5,11-12,16-17H2,1-3H3,(H,30,33). The summed E-state index contributed by atoms with van der Waals surface area (Å²) in [4.78, 5) is 30.3. The third kappa shape index (κ3) is 5.03. The van der Waals surface area contributed by atoms with Crippen LogP contribution in [0.15, 0.2) is 47.4 Å². The number of rotatable bonds is 10. The molecule has 1 atom stereocenters. The molecule has 1 unspecified atom stereocenters. The fraction of sp³-hybridized carbons (Fsp3) is 0.385. The van der Waals surface area contributed by atoms with E-state index in [1.54, 1.807) is 49.6 Å². The Morgan fingerprint density at radius 2 is 1.97 bits per heavy atom. The SMILES string of the molecule is CCN(CC)S(=N)C1(COc2nccc3cc(C(=O)NCc4ccc(C#N)cc4)c(=O)n(C)c23)CC1. The molecule has 4 rings (SSSR count). The second kappa shape index (κ2) is 10.6. The maximum absolute atomic E-state index is 13.1. The number of carbonyl (C=O) groups is 1. The van der Waals surface area contributed by atoms with E-state index >= 15 is 0 Å². The number of carbonyl (C=O) groups excluding carboxylic acids is 1. The molecule has 0 aliphatic heterocycles. The number of ether oxygens (including phenoxy) is 1. The first-order valence-corrected chi connectivity index (χ1v) is 13.1. The number of nitriles is 1. The van der Waals surface area contributed by atoms with Crippen LogP contribution in [0.1, 0.15) is 48.2 Å². The van der Waals surface area contributed by atoms with Crippen molar-refractivity contribution in [1.82, 2.24) is 19.2 Å². The fourth-order valence-corrected chi connectivity index (χ4v) is 5.86. The summed E-state index contributed by atoms with van der Waals surface area (Å²) in [5.74, 6) is -0.144. The molecule has 3 aromatic rings. The van der Waals surface area contributed by atoms with Crippen molar-refractivity contribution < 1.29 is 9.53 Å². The minimum Gasteiger partial charge on any atom is -0.475 e. The van der Waals surface area contributed by atoms with E-state index in [1.165, 1.54) is 4.57 Å². The van der Waals surface area contributed by atoms with Crippen molar-refractivity contribution in [2.24, 2.45) is 7.05 Å². The lowest BCUT2D eigenvalue weighted by atomic mass is 10.1. The van der Waals surface area contributed by atoms with Crippen LogP contribution < -0.4 is 15.6 Å². The predicted molar refractivity (Wildman–Crippen MR) is 140 cm³/mol. The minimum atomic E-state index is -0.661. The number of hydrogen-bond acceptors (Lipinski definition) is 6. The first-order chi connectivity index (χ1) is 17.3. The van der Waals surface area contributed by atoms with Crippen molar-refractivity contribution in [3.8, 4) is 11.9 Å². The Kier molecular flexibility index (Phi) is 7.52. The normalized spacial score (nSPS) is 14.9. The van der Waals surface area contributed by atoms with Gasteiger partial charge < -0.3 is 14.6 Å². The van der Waals surface area contributed by atoms with E-state index in [1.807, 2.05) is 0 Å². The molecule has 1 aliphatic rings. The van der Waals surface area contributed by atoms with E-state index < -0.39 is 22.3 Å². The molecule has 2 N–H and O–H groups in total. The van der Waals surface area contributed by atoms with E-state index in [0.717, 1.165) is 31.5 Å². The molecule has 1 aromatic carbocycles. The lowest BCUT2D eigenvalue weighted by molar-refractivity contribution is 0.0949. The molecule has 0 radical (unpaired) electrons. The fourth-order valence-electron chi connectivity index (χ4n) is 4.13. The topological polar surface area (TPSA) is 124 Å². The Morgan fingerprint density at radius 1 is 1.28 bits per heavy atom. The Hall–Kier alpha value is -3.55. The zero-order valence-corrected chi connectivity index (χ0v) is 21.5. The van der Waals surface area contributed by atoms with Gasteiger partial charge in [0.05, 0.1) is 16.4 Å². The van der Waals surface area contributed by atoms with Gasteiger partial charge in [-0.2, -0.15) is 5.26 Å². The number of fused-ring (bicyclic) bond motifs is 1. The number of nitrogens with zero attached hydrogens (tertiary/aromatic N) is 4. The molecule has 2 heterocycles. The largest absolute Gasteiger partial charge is 0.475 e. The summed E-state index contributed by atoms with van der Waals surface area (Å²) in [6.45, 7) is 6.37. The molecule has 2 aromatic heterocycles. The Labute approximate surface area is 212 Å². The first-order valence-electron chi connectivity index (χ1n) is 11.9. The number of hydrogen-bond donors (Lipinski definition) is 2. The van der Waals surface area contributed by atoms with E-state index in [-0.39, 0.29) is 16.9 Å². The number of aryl methyl sites for hydroxylation is 1. The van der Waals surface area contributed by atoms with Gasteiger partial charge >= 0.3 is 0 Å². The highest BCUT2D eigenvalue weighted by atomic mass is 32.2. The summed E-state index contributed by atoms with van der Waals surface area (Å²) < 4.78 is 18.2. The quantitative estimate of drug-likeness (QED) is 0.435. The van der Waals surface area contributed by atoms with Gasteiger partial charge in [-0.05, 0) is 53.5 Å². The third-order valence-electron chi connectivity index (χ3n) is 6.53. The molecule has 1 fully saturated rings. The maximum atomic E-state index is 13.1. The van der Waals surface area contributed by atoms with Crippen LogP contribution in [-0.4, -0.2) is 44.2 Å². The lowest BCUT2D eigenvalue weighted by Crippen LogP contribution is -2.37. The minimum absolute atomic E-state index is 0.0312. The van der Waals surface area contributed by atoms with Gasteiger partial charge in [-0.15, -0.1) is 0 Å². The van der Waals surface area contributed by atoms with Crippen LogP contribution in [0.4, 0.5) is 0 Å². The predicted octanol–water partition coefficient (Wildman–Crippen LogP) is 3.28. The van der Waals surface area contributed by atoms with Crippen LogP contribution in [0.5, 0.6) is 5.88 Å². The van der Waals surface area contributed by atoms with Gasteiger partial charge in [-0.3, -0.25) is 14.4 Å². The maximum Gasteiger partial charge on any atom is 0.263 e. The Balaban J connectivity index is 1.54. The van der Waals surface area contributed by atoms with Gasteiger partial charge in [0.25, 0.3) is 11.5 Å². The molecule has 1 amide bonds. The van der Waals surface area contributed by atoms with Crippen molar-refractivity contribution in [2.45, 2.75) is 38.0 Å². The molecule has 1 saturated carbocycles. The van der Waals surface area contributed by atoms with E-state index in [9.17, 15) is 9.59 Å². The highest BCUT2D eigenvalue weighted by Gasteiger charge is 2.49. The molecule has 10 heteroatoms. The second-order valence-corrected chi connectivity index (χ2v) is 10.8. The van der Waals surface area contributed by atoms with Gasteiger partial charge in [0, 0.05) is 38.3 Å². The van der Waals surface area contributed by atoms with Gasteiger partial charge in [0.15, 0.2) is 0 Å². The average molecular weight is 507 g/mol. The number of amides is 1. The highest BCUT2D eigenvalue weighted by Crippen LogP contribution is 2.43. The summed E-state index contributed by atoms with van der Waals surface area (Å²) >= 11 is 0. The van der Waals surface area contributed by atoms with Gasteiger partial charge in [-0.1, -0.05) is 26.0 Å². The van der Waals surface area contributed by atoms with Crippen LogP contribution >= 0.6 is 0 Å². The summed E-state index contributed by atoms with van der Waals surface area (Å²) in [5.41, 5.74) is 1.48. The number of nitrogens with one attached hydrogen (secondary N) is 2. The zero-order chi connectivity index (χ0) is 25.9. The molecule has 0 saturated heterocycles. The highest BCUT2D eigenvalue weighted by molar-refractivity contribution is 7.85. The molecular formula is C26H30N6O3S. The summed E-state index contributed by atoms with van der Waals surface area (Å²) in [6, 6.07) is 12.3. The van der Waals surface area contributed by atoms with Crippen LogP contribution in [0, 0.1) is 16.1 Å². The third-order valence-corrected chi connectivity index (χ3v) is 8.91. The summed E-state index contributed by atoms with van der Waals surface area (Å²) in [6.07, 6.45) is 3.47. The van der Waals surface area contributed by atoms with Crippen LogP contribution in [0.2, 0.25) is 0 Å². The van der Waals surface area contributed by atoms with Gasteiger partial charge in [-0.25, -0.2) is 9.29 Å². The monoisotopic (exact) mass is 506 g/mol. The van der Waals surface area contributed by atoms with Gasteiger partial charge in [0.2, 0.25) is 5.88 Å².